The Morgan fingerprint density at radius 2 is 1.63 bits per heavy atom. The molecule has 0 aliphatic heterocycles. The van der Waals surface area contributed by atoms with Crippen molar-refractivity contribution in [3.63, 3.8) is 0 Å². The molecule has 27 heavy (non-hydrogen) atoms. The molecule has 1 heterocycles. The van der Waals surface area contributed by atoms with Gasteiger partial charge >= 0.3 is 0 Å². The molecule has 0 aliphatic rings. The van der Waals surface area contributed by atoms with E-state index < -0.39 is 0 Å². The molecule has 0 saturated carbocycles. The van der Waals surface area contributed by atoms with Gasteiger partial charge in [-0.15, -0.1) is 10.2 Å². The van der Waals surface area contributed by atoms with Gasteiger partial charge in [-0.05, 0) is 37.0 Å². The van der Waals surface area contributed by atoms with Crippen LogP contribution in [0.1, 0.15) is 49.2 Å². The lowest BCUT2D eigenvalue weighted by Gasteiger charge is -2.18. The minimum Gasteiger partial charge on any atom is -0.411 e. The van der Waals surface area contributed by atoms with Crippen molar-refractivity contribution in [1.82, 2.24) is 10.2 Å². The maximum absolute atomic E-state index is 12.6. The molecular formula is C22H24N2O2S. The van der Waals surface area contributed by atoms with Gasteiger partial charge in [-0.3, -0.25) is 4.79 Å². The van der Waals surface area contributed by atoms with Crippen LogP contribution >= 0.6 is 11.8 Å². The Balaban J connectivity index is 1.70. The van der Waals surface area contributed by atoms with Crippen molar-refractivity contribution in [2.24, 2.45) is 0 Å². The Morgan fingerprint density at radius 1 is 1.00 bits per heavy atom. The first kappa shape index (κ1) is 19.4. The Kier molecular flexibility index (Phi) is 5.51. The van der Waals surface area contributed by atoms with Gasteiger partial charge < -0.3 is 4.42 Å². The number of aromatic nitrogens is 2. The highest BCUT2D eigenvalue weighted by molar-refractivity contribution is 8.00. The molecule has 0 spiro atoms. The normalized spacial score (nSPS) is 12.8. The van der Waals surface area contributed by atoms with E-state index in [1.807, 2.05) is 50.2 Å². The molecule has 0 N–H and O–H groups in total. The summed E-state index contributed by atoms with van der Waals surface area (Å²) in [5.74, 6) is 0.516. The molecule has 1 aromatic heterocycles. The molecule has 0 saturated heterocycles. The van der Waals surface area contributed by atoms with E-state index in [1.54, 1.807) is 0 Å². The van der Waals surface area contributed by atoms with Crippen LogP contribution in [0.4, 0.5) is 0 Å². The number of hydrogen-bond acceptors (Lipinski definition) is 5. The molecule has 0 radical (unpaired) electrons. The van der Waals surface area contributed by atoms with Crippen molar-refractivity contribution in [2.45, 2.75) is 50.5 Å². The molecule has 0 amide bonds. The SMILES string of the molecule is Cc1ccc(C(=O)[C@@H](C)Sc2nnc(-c3ccc(C(C)(C)C)cc3)o2)cc1. The molecule has 3 aromatic rings. The number of carbonyl (C=O) groups is 1. The highest BCUT2D eigenvalue weighted by atomic mass is 32.2. The van der Waals surface area contributed by atoms with Crippen LogP contribution in [0.25, 0.3) is 11.5 Å². The number of benzene rings is 2. The number of nitrogens with zero attached hydrogens (tertiary/aromatic N) is 2. The molecular weight excluding hydrogens is 356 g/mol. The molecule has 4 nitrogen and oxygen atoms in total. The standard InChI is InChI=1S/C22H24N2O2S/c1-14-6-8-16(9-7-14)19(25)15(2)27-21-24-23-20(26-21)17-10-12-18(13-11-17)22(3,4)5/h6-13,15H,1-5H3/t15-/m1/s1. The van der Waals surface area contributed by atoms with E-state index in [0.29, 0.717) is 16.7 Å². The molecule has 0 fully saturated rings. The first-order valence-corrected chi connectivity index (χ1v) is 9.84. The first-order chi connectivity index (χ1) is 12.7. The summed E-state index contributed by atoms with van der Waals surface area (Å²) in [6, 6.07) is 15.7. The fourth-order valence-corrected chi connectivity index (χ4v) is 3.40. The fourth-order valence-electron chi connectivity index (χ4n) is 2.64. The number of hydrogen-bond donors (Lipinski definition) is 0. The Hall–Kier alpha value is -2.40. The van der Waals surface area contributed by atoms with Gasteiger partial charge in [0.2, 0.25) is 5.89 Å². The van der Waals surface area contributed by atoms with Crippen molar-refractivity contribution < 1.29 is 9.21 Å². The van der Waals surface area contributed by atoms with Gasteiger partial charge in [0.05, 0.1) is 5.25 Å². The summed E-state index contributed by atoms with van der Waals surface area (Å²) in [5, 5.41) is 8.31. The van der Waals surface area contributed by atoms with Crippen molar-refractivity contribution in [3.05, 3.63) is 65.2 Å². The number of carbonyl (C=O) groups excluding carboxylic acids is 1. The second kappa shape index (κ2) is 7.69. The fraction of sp³-hybridized carbons (Fsp3) is 0.318. The number of Topliss-reactive ketones (excluding diaryl/α,β-unsaturated/α-hetero) is 1. The van der Waals surface area contributed by atoms with E-state index in [4.69, 9.17) is 4.42 Å². The van der Waals surface area contributed by atoms with E-state index in [1.165, 1.54) is 17.3 Å². The third-order valence-corrected chi connectivity index (χ3v) is 5.32. The maximum Gasteiger partial charge on any atom is 0.277 e. The number of aryl methyl sites for hydroxylation is 1. The predicted octanol–water partition coefficient (Wildman–Crippen LogP) is 5.71. The first-order valence-electron chi connectivity index (χ1n) is 8.96. The van der Waals surface area contributed by atoms with E-state index >= 15 is 0 Å². The Bertz CT molecular complexity index is 922. The van der Waals surface area contributed by atoms with Crippen molar-refractivity contribution in [1.29, 1.82) is 0 Å². The maximum atomic E-state index is 12.6. The molecule has 0 aliphatic carbocycles. The molecule has 0 bridgehead atoms. The van der Waals surface area contributed by atoms with Gasteiger partial charge in [0.1, 0.15) is 0 Å². The summed E-state index contributed by atoms with van der Waals surface area (Å²) in [6.45, 7) is 10.4. The van der Waals surface area contributed by atoms with Crippen LogP contribution in [0.2, 0.25) is 0 Å². The van der Waals surface area contributed by atoms with E-state index in [0.717, 1.165) is 11.1 Å². The van der Waals surface area contributed by atoms with Gasteiger partial charge in [0, 0.05) is 11.1 Å². The van der Waals surface area contributed by atoms with E-state index in [2.05, 4.69) is 43.1 Å². The largest absolute Gasteiger partial charge is 0.411 e. The molecule has 140 valence electrons. The minimum absolute atomic E-state index is 0.0503. The van der Waals surface area contributed by atoms with Crippen molar-refractivity contribution in [2.75, 3.05) is 0 Å². The highest BCUT2D eigenvalue weighted by Crippen LogP contribution is 2.29. The zero-order chi connectivity index (χ0) is 19.6. The summed E-state index contributed by atoms with van der Waals surface area (Å²) >= 11 is 1.28. The van der Waals surface area contributed by atoms with Gasteiger partial charge in [-0.1, -0.05) is 74.5 Å². The predicted molar refractivity (Wildman–Crippen MR) is 109 cm³/mol. The van der Waals surface area contributed by atoms with E-state index in [9.17, 15) is 4.79 Å². The van der Waals surface area contributed by atoms with Gasteiger partial charge in [-0.2, -0.15) is 0 Å². The lowest BCUT2D eigenvalue weighted by molar-refractivity contribution is 0.0993. The van der Waals surface area contributed by atoms with Crippen LogP contribution in [0.15, 0.2) is 58.2 Å². The highest BCUT2D eigenvalue weighted by Gasteiger charge is 2.20. The Morgan fingerprint density at radius 3 is 2.22 bits per heavy atom. The second-order valence-electron chi connectivity index (χ2n) is 7.69. The van der Waals surface area contributed by atoms with Crippen LogP contribution < -0.4 is 0 Å². The summed E-state index contributed by atoms with van der Waals surface area (Å²) < 4.78 is 5.76. The average molecular weight is 381 g/mol. The average Bonchev–Trinajstić information content (AvgIpc) is 3.09. The zero-order valence-electron chi connectivity index (χ0n) is 16.3. The van der Waals surface area contributed by atoms with Crippen LogP contribution in [-0.4, -0.2) is 21.2 Å². The molecule has 2 aromatic carbocycles. The number of ketones is 1. The Labute approximate surface area is 164 Å². The quantitative estimate of drug-likeness (QED) is 0.419. The molecule has 3 rings (SSSR count). The summed E-state index contributed by atoms with van der Waals surface area (Å²) in [4.78, 5) is 12.6. The van der Waals surface area contributed by atoms with Crippen molar-refractivity contribution >= 4 is 17.5 Å². The zero-order valence-corrected chi connectivity index (χ0v) is 17.1. The van der Waals surface area contributed by atoms with Gasteiger partial charge in [-0.25, -0.2) is 0 Å². The third-order valence-electron chi connectivity index (χ3n) is 4.39. The smallest absolute Gasteiger partial charge is 0.277 e. The van der Waals surface area contributed by atoms with Crippen LogP contribution in [0.5, 0.6) is 0 Å². The number of thioether (sulfide) groups is 1. The van der Waals surface area contributed by atoms with E-state index in [-0.39, 0.29) is 16.4 Å². The summed E-state index contributed by atoms with van der Waals surface area (Å²) in [5.41, 5.74) is 4.04. The topological polar surface area (TPSA) is 56.0 Å². The van der Waals surface area contributed by atoms with Crippen molar-refractivity contribution in [3.8, 4) is 11.5 Å². The molecule has 5 heteroatoms. The van der Waals surface area contributed by atoms with Crippen LogP contribution in [0, 0.1) is 6.92 Å². The van der Waals surface area contributed by atoms with Gasteiger partial charge in [0.25, 0.3) is 5.22 Å². The van der Waals surface area contributed by atoms with Crippen LogP contribution in [-0.2, 0) is 5.41 Å². The lowest BCUT2D eigenvalue weighted by atomic mass is 9.87. The minimum atomic E-state index is -0.302. The van der Waals surface area contributed by atoms with Crippen LogP contribution in [0.3, 0.4) is 0 Å². The lowest BCUT2D eigenvalue weighted by Crippen LogP contribution is -2.13. The third kappa shape index (κ3) is 4.66. The molecule has 1 atom stereocenters. The second-order valence-corrected chi connectivity index (χ2v) is 8.98. The monoisotopic (exact) mass is 380 g/mol. The summed E-state index contributed by atoms with van der Waals surface area (Å²) in [7, 11) is 0. The number of rotatable bonds is 5. The summed E-state index contributed by atoms with van der Waals surface area (Å²) in [6.07, 6.45) is 0. The van der Waals surface area contributed by atoms with Gasteiger partial charge in [0.15, 0.2) is 5.78 Å². The molecule has 0 unspecified atom stereocenters.